The molecule has 198 valence electrons. The van der Waals surface area contributed by atoms with Gasteiger partial charge in [-0.3, -0.25) is 9.69 Å². The number of carbonyl (C=O) groups is 1. The van der Waals surface area contributed by atoms with E-state index in [1.165, 1.54) is 6.20 Å². The highest BCUT2D eigenvalue weighted by Gasteiger charge is 2.31. The van der Waals surface area contributed by atoms with Gasteiger partial charge in [-0.15, -0.1) is 0 Å². The number of alkyl halides is 3. The Balaban J connectivity index is 1.31. The molecule has 1 saturated heterocycles. The first-order valence-electron chi connectivity index (χ1n) is 11.9. The van der Waals surface area contributed by atoms with Crippen molar-refractivity contribution in [2.75, 3.05) is 30.3 Å². The van der Waals surface area contributed by atoms with E-state index in [0.717, 1.165) is 32.0 Å². The first-order valence-corrected chi connectivity index (χ1v) is 11.9. The monoisotopic (exact) mass is 528 g/mol. The second kappa shape index (κ2) is 10.3. The molecule has 2 aromatic carbocycles. The van der Waals surface area contributed by atoms with Gasteiger partial charge >= 0.3 is 6.18 Å². The fraction of sp³-hybridized carbons (Fsp3) is 0.269. The molecule has 2 N–H and O–H groups in total. The number of ether oxygens (including phenoxy) is 1. The van der Waals surface area contributed by atoms with Crippen LogP contribution in [0.1, 0.15) is 18.4 Å². The van der Waals surface area contributed by atoms with Crippen molar-refractivity contribution in [1.82, 2.24) is 19.4 Å². The van der Waals surface area contributed by atoms with Crippen LogP contribution < -0.4 is 15.4 Å². The van der Waals surface area contributed by atoms with Crippen LogP contribution in [0, 0.1) is 5.82 Å². The van der Waals surface area contributed by atoms with E-state index >= 15 is 0 Å². The summed E-state index contributed by atoms with van der Waals surface area (Å²) in [5.74, 6) is 0.408. The molecule has 1 fully saturated rings. The van der Waals surface area contributed by atoms with Gasteiger partial charge in [-0.2, -0.15) is 13.2 Å². The molecule has 12 heteroatoms. The number of hydrogen-bond acceptors (Lipinski definition) is 6. The lowest BCUT2D eigenvalue weighted by atomic mass is 10.2. The number of fused-ring (bicyclic) bond motifs is 1. The Bertz CT molecular complexity index is 1480. The predicted octanol–water partition coefficient (Wildman–Crippen LogP) is 5.70. The smallest absolute Gasteiger partial charge is 0.416 e. The third-order valence-corrected chi connectivity index (χ3v) is 6.19. The number of amides is 1. The molecule has 0 spiro atoms. The molecule has 4 aromatic rings. The summed E-state index contributed by atoms with van der Waals surface area (Å²) in [6.45, 7) is 2.13. The Hall–Kier alpha value is -4.19. The summed E-state index contributed by atoms with van der Waals surface area (Å²) in [7, 11) is 1.66. The number of benzene rings is 2. The van der Waals surface area contributed by atoms with E-state index in [1.54, 1.807) is 41.9 Å². The minimum atomic E-state index is -4.60. The number of hydrogen-bond donors (Lipinski definition) is 2. The average molecular weight is 529 g/mol. The van der Waals surface area contributed by atoms with Crippen molar-refractivity contribution in [2.45, 2.75) is 19.0 Å². The van der Waals surface area contributed by atoms with Crippen LogP contribution in [-0.2, 0) is 18.0 Å². The SMILES string of the molecule is Cn1c(Nc2cc(C(F)(F)F)ccc2F)nc2cc(Oc3ccnc(NC(=O)CN4CCCC4)c3)ccc21. The lowest BCUT2D eigenvalue weighted by Gasteiger charge is -2.14. The van der Waals surface area contributed by atoms with Crippen LogP contribution in [0.15, 0.2) is 54.7 Å². The second-order valence-corrected chi connectivity index (χ2v) is 8.97. The summed E-state index contributed by atoms with van der Waals surface area (Å²) < 4.78 is 60.9. The number of rotatable bonds is 7. The number of nitrogens with zero attached hydrogens (tertiary/aromatic N) is 4. The number of aryl methyl sites for hydroxylation is 1. The summed E-state index contributed by atoms with van der Waals surface area (Å²) in [5, 5.41) is 5.43. The molecule has 1 aliphatic heterocycles. The third-order valence-electron chi connectivity index (χ3n) is 6.19. The maximum Gasteiger partial charge on any atom is 0.416 e. The van der Waals surface area contributed by atoms with Gasteiger partial charge in [-0.1, -0.05) is 0 Å². The average Bonchev–Trinajstić information content (AvgIpc) is 3.47. The van der Waals surface area contributed by atoms with Gasteiger partial charge in [-0.25, -0.2) is 14.4 Å². The summed E-state index contributed by atoms with van der Waals surface area (Å²) >= 11 is 0. The summed E-state index contributed by atoms with van der Waals surface area (Å²) in [6, 6.07) is 10.5. The van der Waals surface area contributed by atoms with E-state index in [-0.39, 0.29) is 17.5 Å². The Morgan fingerprint density at radius 2 is 1.82 bits per heavy atom. The van der Waals surface area contributed by atoms with E-state index in [2.05, 4.69) is 25.5 Å². The van der Waals surface area contributed by atoms with E-state index in [0.29, 0.717) is 47.0 Å². The third kappa shape index (κ3) is 5.70. The van der Waals surface area contributed by atoms with Gasteiger partial charge in [0.1, 0.15) is 23.1 Å². The summed E-state index contributed by atoms with van der Waals surface area (Å²) in [5.41, 5.74) is -0.185. The van der Waals surface area contributed by atoms with Gasteiger partial charge in [0.2, 0.25) is 11.9 Å². The molecule has 38 heavy (non-hydrogen) atoms. The predicted molar refractivity (Wildman–Crippen MR) is 134 cm³/mol. The normalized spacial score (nSPS) is 14.1. The zero-order valence-electron chi connectivity index (χ0n) is 20.3. The van der Waals surface area contributed by atoms with Crippen molar-refractivity contribution in [1.29, 1.82) is 0 Å². The summed E-state index contributed by atoms with van der Waals surface area (Å²) in [6.07, 6.45) is -0.901. The highest BCUT2D eigenvalue weighted by atomic mass is 19.4. The van der Waals surface area contributed by atoms with Crippen LogP contribution in [0.25, 0.3) is 11.0 Å². The minimum Gasteiger partial charge on any atom is -0.457 e. The lowest BCUT2D eigenvalue weighted by Crippen LogP contribution is -2.31. The quantitative estimate of drug-likeness (QED) is 0.300. The Morgan fingerprint density at radius 1 is 1.05 bits per heavy atom. The first kappa shape index (κ1) is 25.5. The van der Waals surface area contributed by atoms with Crippen LogP contribution in [0.2, 0.25) is 0 Å². The van der Waals surface area contributed by atoms with Crippen LogP contribution in [0.5, 0.6) is 11.5 Å². The number of carbonyl (C=O) groups excluding carboxylic acids is 1. The van der Waals surface area contributed by atoms with Crippen LogP contribution in [0.3, 0.4) is 0 Å². The zero-order chi connectivity index (χ0) is 26.9. The molecule has 8 nitrogen and oxygen atoms in total. The standard InChI is InChI=1S/C26H24F4N6O2/c1-35-22-7-5-17(38-18-8-9-31-23(14-18)34-24(37)15-36-10-2-3-11-36)13-21(22)33-25(35)32-20-12-16(26(28,29)30)4-6-19(20)27/h4-9,12-14H,2-3,10-11,15H2,1H3,(H,32,33)(H,31,34,37). The Labute approximate surface area is 215 Å². The number of nitrogens with one attached hydrogen (secondary N) is 2. The molecule has 2 aromatic heterocycles. The molecule has 0 aliphatic carbocycles. The number of anilines is 3. The first-order chi connectivity index (χ1) is 18.2. The topological polar surface area (TPSA) is 84.3 Å². The number of aromatic nitrogens is 3. The zero-order valence-corrected chi connectivity index (χ0v) is 20.3. The van der Waals surface area contributed by atoms with Gasteiger partial charge < -0.3 is 19.9 Å². The van der Waals surface area contributed by atoms with Crippen LogP contribution in [-0.4, -0.2) is 45.0 Å². The molecule has 0 bridgehead atoms. The van der Waals surface area contributed by atoms with E-state index in [9.17, 15) is 22.4 Å². The van der Waals surface area contributed by atoms with Gasteiger partial charge in [-0.05, 0) is 62.3 Å². The van der Waals surface area contributed by atoms with Crippen molar-refractivity contribution in [2.24, 2.45) is 7.05 Å². The van der Waals surface area contributed by atoms with Gasteiger partial charge in [0.15, 0.2) is 0 Å². The summed E-state index contributed by atoms with van der Waals surface area (Å²) in [4.78, 5) is 23.0. The van der Waals surface area contributed by atoms with Crippen LogP contribution in [0.4, 0.5) is 35.0 Å². The molecular formula is C26H24F4N6O2. The number of pyridine rings is 1. The molecule has 3 heterocycles. The fourth-order valence-electron chi connectivity index (χ4n) is 4.28. The molecule has 0 unspecified atom stereocenters. The number of halogens is 4. The Morgan fingerprint density at radius 3 is 2.58 bits per heavy atom. The minimum absolute atomic E-state index is 0.149. The highest BCUT2D eigenvalue weighted by Crippen LogP contribution is 2.33. The van der Waals surface area contributed by atoms with E-state index in [1.807, 2.05) is 0 Å². The fourth-order valence-corrected chi connectivity index (χ4v) is 4.28. The maximum absolute atomic E-state index is 14.2. The van der Waals surface area contributed by atoms with Gasteiger partial charge in [0.25, 0.3) is 0 Å². The molecule has 0 atom stereocenters. The van der Waals surface area contributed by atoms with Crippen molar-refractivity contribution < 1.29 is 27.1 Å². The number of imidazole rings is 1. The molecular weight excluding hydrogens is 504 g/mol. The second-order valence-electron chi connectivity index (χ2n) is 8.97. The molecule has 0 saturated carbocycles. The molecule has 0 radical (unpaired) electrons. The van der Waals surface area contributed by atoms with Crippen molar-refractivity contribution in [3.8, 4) is 11.5 Å². The van der Waals surface area contributed by atoms with Crippen LogP contribution >= 0.6 is 0 Å². The van der Waals surface area contributed by atoms with Crippen molar-refractivity contribution in [3.05, 3.63) is 66.1 Å². The number of likely N-dealkylation sites (tertiary alicyclic amines) is 1. The highest BCUT2D eigenvalue weighted by molar-refractivity contribution is 5.91. The lowest BCUT2D eigenvalue weighted by molar-refractivity contribution is -0.137. The molecule has 1 amide bonds. The van der Waals surface area contributed by atoms with Gasteiger partial charge in [0, 0.05) is 25.4 Å². The Kier molecular flexibility index (Phi) is 6.89. The van der Waals surface area contributed by atoms with Gasteiger partial charge in [0.05, 0.1) is 28.8 Å². The van der Waals surface area contributed by atoms with E-state index in [4.69, 9.17) is 4.74 Å². The largest absolute Gasteiger partial charge is 0.457 e. The van der Waals surface area contributed by atoms with E-state index < -0.39 is 17.6 Å². The molecule has 1 aliphatic rings. The van der Waals surface area contributed by atoms with Crippen molar-refractivity contribution >= 4 is 34.4 Å². The maximum atomic E-state index is 14.2. The molecule has 5 rings (SSSR count). The van der Waals surface area contributed by atoms with Crippen molar-refractivity contribution in [3.63, 3.8) is 0 Å².